The molecule has 10 atom stereocenters. The summed E-state index contributed by atoms with van der Waals surface area (Å²) in [5, 5.41) is 41.2. The van der Waals surface area contributed by atoms with E-state index in [4.69, 9.17) is 15.9 Å². The molecule has 3 fully saturated rings. The maximum atomic E-state index is 12.0. The van der Waals surface area contributed by atoms with Crippen LogP contribution in [0.1, 0.15) is 56.1 Å². The summed E-state index contributed by atoms with van der Waals surface area (Å²) in [4.78, 5) is 12.0. The first-order valence-corrected chi connectivity index (χ1v) is 12.1. The molecule has 0 amide bonds. The lowest BCUT2D eigenvalue weighted by atomic mass is 9.55. The van der Waals surface area contributed by atoms with Crippen molar-refractivity contribution in [1.29, 1.82) is 0 Å². The van der Waals surface area contributed by atoms with E-state index in [2.05, 4.69) is 17.7 Å². The summed E-state index contributed by atoms with van der Waals surface area (Å²) in [6.45, 7) is 2.26. The van der Waals surface area contributed by atoms with E-state index in [-0.39, 0.29) is 11.5 Å². The van der Waals surface area contributed by atoms with E-state index in [0.717, 1.165) is 38.5 Å². The van der Waals surface area contributed by atoms with Crippen molar-refractivity contribution >= 4 is 5.97 Å². The third kappa shape index (κ3) is 3.71. The molecule has 1 aromatic rings. The average Bonchev–Trinajstić information content (AvgIpc) is 3.13. The quantitative estimate of drug-likeness (QED) is 0.382. The molecule has 0 spiro atoms. The second-order valence-electron chi connectivity index (χ2n) is 10.5. The van der Waals surface area contributed by atoms with Crippen LogP contribution in [0, 0.1) is 29.8 Å². The molecule has 2 saturated carbocycles. The normalized spacial score (nSPS) is 43.1. The molecule has 184 valence electrons. The molecule has 4 N–H and O–H groups in total. The van der Waals surface area contributed by atoms with Gasteiger partial charge in [0.05, 0.1) is 6.10 Å². The topological polar surface area (TPSA) is 126 Å². The Bertz CT molecular complexity index is 988. The second-order valence-corrected chi connectivity index (χ2v) is 10.5. The largest absolute Gasteiger partial charge is 0.462 e. The van der Waals surface area contributed by atoms with Crippen LogP contribution < -0.4 is 4.74 Å². The van der Waals surface area contributed by atoms with Gasteiger partial charge in [0, 0.05) is 0 Å². The fourth-order valence-corrected chi connectivity index (χ4v) is 6.99. The number of ether oxygens (including phenoxy) is 3. The number of carbonyl (C=O) groups is 1. The van der Waals surface area contributed by atoms with E-state index >= 15 is 0 Å². The van der Waals surface area contributed by atoms with Crippen LogP contribution in [-0.4, -0.2) is 63.2 Å². The van der Waals surface area contributed by atoms with Crippen LogP contribution in [0.25, 0.3) is 0 Å². The van der Waals surface area contributed by atoms with Crippen LogP contribution in [-0.2, 0) is 20.7 Å². The monoisotopic (exact) mass is 472 g/mol. The van der Waals surface area contributed by atoms with Crippen molar-refractivity contribution in [3.8, 4) is 18.3 Å². The smallest absolute Gasteiger partial charge is 0.352 e. The molecule has 0 aromatic heterocycles. The summed E-state index contributed by atoms with van der Waals surface area (Å²) in [5.41, 5.74) is 2.51. The van der Waals surface area contributed by atoms with Crippen LogP contribution >= 0.6 is 0 Å². The number of esters is 1. The lowest BCUT2D eigenvalue weighted by Gasteiger charge is -2.50. The average molecular weight is 473 g/mol. The van der Waals surface area contributed by atoms with Gasteiger partial charge in [0.2, 0.25) is 6.29 Å². The number of aliphatic hydroxyl groups excluding tert-OH is 4. The van der Waals surface area contributed by atoms with Gasteiger partial charge < -0.3 is 34.6 Å². The predicted octanol–water partition coefficient (Wildman–Crippen LogP) is 1.22. The third-order valence-electron chi connectivity index (χ3n) is 8.86. The van der Waals surface area contributed by atoms with Crippen molar-refractivity contribution in [1.82, 2.24) is 0 Å². The first-order chi connectivity index (χ1) is 16.2. The summed E-state index contributed by atoms with van der Waals surface area (Å²) < 4.78 is 15.7. The van der Waals surface area contributed by atoms with Crippen LogP contribution in [0.2, 0.25) is 0 Å². The number of terminal acetylenes is 1. The maximum absolute atomic E-state index is 12.0. The molecule has 1 aliphatic heterocycles. The van der Waals surface area contributed by atoms with Crippen molar-refractivity contribution in [3.63, 3.8) is 0 Å². The predicted molar refractivity (Wildman–Crippen MR) is 119 cm³/mol. The van der Waals surface area contributed by atoms with E-state index in [9.17, 15) is 25.2 Å². The van der Waals surface area contributed by atoms with Gasteiger partial charge in [-0.25, -0.2) is 4.79 Å². The Labute approximate surface area is 198 Å². The number of aryl methyl sites for hydroxylation is 1. The minimum atomic E-state index is -1.71. The molecule has 4 aliphatic rings. The Morgan fingerprint density at radius 3 is 2.68 bits per heavy atom. The van der Waals surface area contributed by atoms with Gasteiger partial charge in [0.15, 0.2) is 6.10 Å². The van der Waals surface area contributed by atoms with Gasteiger partial charge in [0.25, 0.3) is 0 Å². The van der Waals surface area contributed by atoms with Gasteiger partial charge in [-0.2, -0.15) is 0 Å². The molecule has 5 rings (SSSR count). The first-order valence-electron chi connectivity index (χ1n) is 12.1. The van der Waals surface area contributed by atoms with Crippen LogP contribution in [0.15, 0.2) is 18.2 Å². The van der Waals surface area contributed by atoms with Gasteiger partial charge >= 0.3 is 5.97 Å². The molecule has 0 radical (unpaired) electrons. The Morgan fingerprint density at radius 2 is 1.91 bits per heavy atom. The molecule has 1 unspecified atom stereocenters. The summed E-state index contributed by atoms with van der Waals surface area (Å²) in [7, 11) is 0. The summed E-state index contributed by atoms with van der Waals surface area (Å²) in [6.07, 6.45) is 4.55. The minimum Gasteiger partial charge on any atom is -0.462 e. The fourth-order valence-electron chi connectivity index (χ4n) is 6.99. The van der Waals surface area contributed by atoms with Crippen molar-refractivity contribution in [2.24, 2.45) is 17.3 Å². The standard InChI is InChI=1S/C26H32O8/c1-3-32-24(31)23-21(29)20(28)22(30)25(34-23)33-14-5-7-15-13(12-14)4-6-17-16(15)10-11-26(2)18(17)8-9-19(26)27/h1,5,7,12,16-23,25,27-30H,4,6,8-11H2,2H3/t16-,17-,18+,19+,20+,21+,22-,23+,25?,26+/m1/s1. The van der Waals surface area contributed by atoms with Gasteiger partial charge in [0.1, 0.15) is 30.2 Å². The lowest BCUT2D eigenvalue weighted by Crippen LogP contribution is -2.61. The third-order valence-corrected chi connectivity index (χ3v) is 8.86. The molecular weight excluding hydrogens is 440 g/mol. The molecule has 1 heterocycles. The van der Waals surface area contributed by atoms with Crippen molar-refractivity contribution in [2.45, 2.75) is 88.2 Å². The van der Waals surface area contributed by atoms with Crippen LogP contribution in [0.3, 0.4) is 0 Å². The molecule has 0 bridgehead atoms. The lowest BCUT2D eigenvalue weighted by molar-refractivity contribution is -0.271. The maximum Gasteiger partial charge on any atom is 0.352 e. The molecular formula is C26H32O8. The highest BCUT2D eigenvalue weighted by molar-refractivity contribution is 5.76. The van der Waals surface area contributed by atoms with E-state index in [1.807, 2.05) is 6.07 Å². The zero-order valence-corrected chi connectivity index (χ0v) is 19.2. The number of rotatable bonds is 3. The molecule has 1 saturated heterocycles. The van der Waals surface area contributed by atoms with E-state index < -0.39 is 36.7 Å². The molecule has 3 aliphatic carbocycles. The molecule has 1 aromatic carbocycles. The van der Waals surface area contributed by atoms with Gasteiger partial charge in [-0.1, -0.05) is 19.4 Å². The second kappa shape index (κ2) is 8.81. The van der Waals surface area contributed by atoms with E-state index in [1.165, 1.54) is 11.1 Å². The Balaban J connectivity index is 1.33. The van der Waals surface area contributed by atoms with Crippen LogP contribution in [0.5, 0.6) is 5.75 Å². The fraction of sp³-hybridized carbons (Fsp3) is 0.654. The Morgan fingerprint density at radius 1 is 1.12 bits per heavy atom. The van der Waals surface area contributed by atoms with E-state index in [0.29, 0.717) is 23.5 Å². The first kappa shape index (κ1) is 23.6. The zero-order chi connectivity index (χ0) is 24.2. The summed E-state index contributed by atoms with van der Waals surface area (Å²) in [6, 6.07) is 5.78. The number of hydrogen-bond donors (Lipinski definition) is 4. The highest BCUT2D eigenvalue weighted by Crippen LogP contribution is 2.60. The van der Waals surface area contributed by atoms with Crippen molar-refractivity contribution in [2.75, 3.05) is 0 Å². The van der Waals surface area contributed by atoms with Crippen LogP contribution in [0.4, 0.5) is 0 Å². The highest BCUT2D eigenvalue weighted by Gasteiger charge is 2.54. The van der Waals surface area contributed by atoms with E-state index in [1.54, 1.807) is 12.2 Å². The number of carbonyl (C=O) groups excluding carboxylic acids is 1. The SMILES string of the molecule is C#COC(=O)[C@H]1OC(Oc2ccc3c(c2)CC[C@@H]2[C@@H]3CC[C@]3(C)[C@@H](O)CC[C@@H]23)[C@H](O)[C@@H](O)[C@@H]1O. The van der Waals surface area contributed by atoms with Gasteiger partial charge in [-0.3, -0.25) is 0 Å². The number of aliphatic hydroxyl groups is 4. The van der Waals surface area contributed by atoms with Crippen molar-refractivity contribution < 1.29 is 39.4 Å². The van der Waals surface area contributed by atoms with Gasteiger partial charge in [-0.05, 0) is 85.0 Å². The molecule has 34 heavy (non-hydrogen) atoms. The molecule has 8 nitrogen and oxygen atoms in total. The Kier molecular flexibility index (Phi) is 6.11. The highest BCUT2D eigenvalue weighted by atomic mass is 16.7. The Hall–Kier alpha value is -2.15. The summed E-state index contributed by atoms with van der Waals surface area (Å²) in [5.74, 6) is 0.956. The molecule has 8 heteroatoms. The van der Waals surface area contributed by atoms with Crippen molar-refractivity contribution in [3.05, 3.63) is 29.3 Å². The minimum absolute atomic E-state index is 0.0265. The summed E-state index contributed by atoms with van der Waals surface area (Å²) >= 11 is 0. The zero-order valence-electron chi connectivity index (χ0n) is 19.2. The number of benzene rings is 1. The number of fused-ring (bicyclic) bond motifs is 5. The number of hydrogen-bond acceptors (Lipinski definition) is 8. The van der Waals surface area contributed by atoms with Gasteiger partial charge in [-0.15, -0.1) is 0 Å².